The zero-order valence-corrected chi connectivity index (χ0v) is 20.2. The van der Waals surface area contributed by atoms with Crippen molar-refractivity contribution in [1.82, 2.24) is 24.4 Å². The monoisotopic (exact) mass is 475 g/mol. The summed E-state index contributed by atoms with van der Waals surface area (Å²) in [5.74, 6) is 2.03. The Labute approximate surface area is 204 Å². The van der Waals surface area contributed by atoms with E-state index in [9.17, 15) is 9.59 Å². The molecule has 35 heavy (non-hydrogen) atoms. The Morgan fingerprint density at radius 3 is 2.37 bits per heavy atom. The van der Waals surface area contributed by atoms with Crippen LogP contribution in [-0.4, -0.2) is 76.1 Å². The van der Waals surface area contributed by atoms with Gasteiger partial charge in [0, 0.05) is 56.6 Å². The molecule has 2 saturated heterocycles. The number of piperazine rings is 1. The second-order valence-electron chi connectivity index (χ2n) is 8.94. The Balaban J connectivity index is 1.21. The smallest absolute Gasteiger partial charge is 0.228 e. The normalized spacial score (nSPS) is 18.3. The van der Waals surface area contributed by atoms with Gasteiger partial charge < -0.3 is 19.4 Å². The number of hydrogen-bond acceptors (Lipinski definition) is 7. The predicted octanol–water partition coefficient (Wildman–Crippen LogP) is 1.99. The second kappa shape index (κ2) is 9.36. The number of aryl methyl sites for hydroxylation is 1. The first-order valence-electron chi connectivity index (χ1n) is 11.8. The number of aromatic nitrogens is 4. The predicted molar refractivity (Wildman–Crippen MR) is 131 cm³/mol. The first-order chi connectivity index (χ1) is 16.9. The number of rotatable bonds is 5. The Bertz CT molecular complexity index is 1230. The van der Waals surface area contributed by atoms with Gasteiger partial charge in [0.15, 0.2) is 0 Å². The molecule has 0 radical (unpaired) electrons. The SMILES string of the molecule is COc1ccc(N2CC(C(=O)N3CCN(c4cc(-n5cnc(C)c5C)ncn4)CC3)CC2=O)cc1. The largest absolute Gasteiger partial charge is 0.497 e. The molecule has 2 aliphatic heterocycles. The lowest BCUT2D eigenvalue weighted by atomic mass is 10.1. The highest BCUT2D eigenvalue weighted by Crippen LogP contribution is 2.28. The van der Waals surface area contributed by atoms with Gasteiger partial charge in [-0.2, -0.15) is 0 Å². The number of nitrogens with zero attached hydrogens (tertiary/aromatic N) is 7. The van der Waals surface area contributed by atoms with Crippen LogP contribution in [0.15, 0.2) is 43.0 Å². The van der Waals surface area contributed by atoms with Crippen molar-refractivity contribution in [1.29, 1.82) is 0 Å². The molecule has 0 aliphatic carbocycles. The summed E-state index contributed by atoms with van der Waals surface area (Å²) in [7, 11) is 1.61. The summed E-state index contributed by atoms with van der Waals surface area (Å²) >= 11 is 0. The molecule has 2 aliphatic rings. The lowest BCUT2D eigenvalue weighted by Crippen LogP contribution is -2.51. The van der Waals surface area contributed by atoms with E-state index in [0.717, 1.165) is 34.5 Å². The van der Waals surface area contributed by atoms with E-state index in [1.54, 1.807) is 24.7 Å². The van der Waals surface area contributed by atoms with Gasteiger partial charge in [0.2, 0.25) is 11.8 Å². The van der Waals surface area contributed by atoms with Crippen molar-refractivity contribution in [3.05, 3.63) is 54.4 Å². The van der Waals surface area contributed by atoms with Crippen LogP contribution in [0.3, 0.4) is 0 Å². The summed E-state index contributed by atoms with van der Waals surface area (Å²) in [5.41, 5.74) is 2.80. The first-order valence-corrected chi connectivity index (χ1v) is 11.8. The molecule has 1 unspecified atom stereocenters. The van der Waals surface area contributed by atoms with Crippen LogP contribution in [0.5, 0.6) is 5.75 Å². The van der Waals surface area contributed by atoms with E-state index >= 15 is 0 Å². The number of carbonyl (C=O) groups excluding carboxylic acids is 2. The van der Waals surface area contributed by atoms with E-state index in [-0.39, 0.29) is 24.2 Å². The minimum absolute atomic E-state index is 0.0225. The zero-order chi connectivity index (χ0) is 24.5. The molecule has 2 fully saturated rings. The van der Waals surface area contributed by atoms with Crippen molar-refractivity contribution in [2.24, 2.45) is 5.92 Å². The average molecular weight is 476 g/mol. The van der Waals surface area contributed by atoms with Gasteiger partial charge in [0.05, 0.1) is 18.7 Å². The highest BCUT2D eigenvalue weighted by Gasteiger charge is 2.38. The molecule has 4 heterocycles. The summed E-state index contributed by atoms with van der Waals surface area (Å²) in [4.78, 5) is 44.8. The minimum atomic E-state index is -0.325. The van der Waals surface area contributed by atoms with Crippen molar-refractivity contribution in [3.8, 4) is 11.6 Å². The molecule has 1 aromatic carbocycles. The molecule has 10 heteroatoms. The van der Waals surface area contributed by atoms with Crippen molar-refractivity contribution >= 4 is 23.3 Å². The molecule has 182 valence electrons. The van der Waals surface area contributed by atoms with Crippen LogP contribution < -0.4 is 14.5 Å². The summed E-state index contributed by atoms with van der Waals surface area (Å²) < 4.78 is 7.14. The maximum absolute atomic E-state index is 13.2. The fourth-order valence-electron chi connectivity index (χ4n) is 4.67. The number of benzene rings is 1. The summed E-state index contributed by atoms with van der Waals surface area (Å²) in [6.45, 7) is 6.92. The van der Waals surface area contributed by atoms with Crippen LogP contribution in [0.25, 0.3) is 5.82 Å². The van der Waals surface area contributed by atoms with E-state index in [4.69, 9.17) is 4.74 Å². The molecule has 0 saturated carbocycles. The Hall–Kier alpha value is -3.95. The number of amides is 2. The average Bonchev–Trinajstić information content (AvgIpc) is 3.45. The molecule has 3 aromatic rings. The maximum Gasteiger partial charge on any atom is 0.228 e. The lowest BCUT2D eigenvalue weighted by Gasteiger charge is -2.36. The molecule has 0 N–H and O–H groups in total. The van der Waals surface area contributed by atoms with E-state index < -0.39 is 0 Å². The highest BCUT2D eigenvalue weighted by atomic mass is 16.5. The van der Waals surface area contributed by atoms with Gasteiger partial charge >= 0.3 is 0 Å². The molecular formula is C25H29N7O3. The number of hydrogen-bond donors (Lipinski definition) is 0. The summed E-state index contributed by atoms with van der Waals surface area (Å²) in [6, 6.07) is 9.31. The lowest BCUT2D eigenvalue weighted by molar-refractivity contribution is -0.136. The van der Waals surface area contributed by atoms with Crippen molar-refractivity contribution < 1.29 is 14.3 Å². The van der Waals surface area contributed by atoms with Crippen LogP contribution >= 0.6 is 0 Å². The third-order valence-corrected chi connectivity index (χ3v) is 6.91. The van der Waals surface area contributed by atoms with Gasteiger partial charge in [-0.3, -0.25) is 14.2 Å². The minimum Gasteiger partial charge on any atom is -0.497 e. The van der Waals surface area contributed by atoms with E-state index in [0.29, 0.717) is 32.7 Å². The topological polar surface area (TPSA) is 96.7 Å². The Kier molecular flexibility index (Phi) is 6.10. The summed E-state index contributed by atoms with van der Waals surface area (Å²) in [6.07, 6.45) is 3.57. The third-order valence-electron chi connectivity index (χ3n) is 6.91. The second-order valence-corrected chi connectivity index (χ2v) is 8.94. The molecule has 5 rings (SSSR count). The van der Waals surface area contributed by atoms with E-state index in [1.807, 2.05) is 53.6 Å². The zero-order valence-electron chi connectivity index (χ0n) is 20.2. The van der Waals surface area contributed by atoms with E-state index in [1.165, 1.54) is 0 Å². The van der Waals surface area contributed by atoms with Gasteiger partial charge in [-0.15, -0.1) is 0 Å². The van der Waals surface area contributed by atoms with E-state index in [2.05, 4.69) is 19.9 Å². The van der Waals surface area contributed by atoms with Gasteiger partial charge in [0.1, 0.15) is 30.0 Å². The molecular weight excluding hydrogens is 446 g/mol. The Morgan fingerprint density at radius 2 is 1.71 bits per heavy atom. The quantitative estimate of drug-likeness (QED) is 0.557. The van der Waals surface area contributed by atoms with Crippen LogP contribution in [-0.2, 0) is 9.59 Å². The molecule has 1 atom stereocenters. The number of carbonyl (C=O) groups is 2. The fraction of sp³-hybridized carbons (Fsp3) is 0.400. The van der Waals surface area contributed by atoms with Crippen molar-refractivity contribution in [2.45, 2.75) is 20.3 Å². The van der Waals surface area contributed by atoms with Crippen LogP contribution in [0.1, 0.15) is 17.8 Å². The van der Waals surface area contributed by atoms with Crippen LogP contribution in [0.4, 0.5) is 11.5 Å². The number of anilines is 2. The molecule has 2 aromatic heterocycles. The number of ether oxygens (including phenoxy) is 1. The van der Waals surface area contributed by atoms with Crippen molar-refractivity contribution in [3.63, 3.8) is 0 Å². The first kappa shape index (κ1) is 22.8. The van der Waals surface area contributed by atoms with Gasteiger partial charge in [-0.05, 0) is 38.1 Å². The number of imidazole rings is 1. The molecule has 0 bridgehead atoms. The summed E-state index contributed by atoms with van der Waals surface area (Å²) in [5, 5.41) is 0. The van der Waals surface area contributed by atoms with Gasteiger partial charge in [0.25, 0.3) is 0 Å². The van der Waals surface area contributed by atoms with Crippen molar-refractivity contribution in [2.75, 3.05) is 49.6 Å². The molecule has 2 amide bonds. The van der Waals surface area contributed by atoms with Crippen LogP contribution in [0.2, 0.25) is 0 Å². The molecule has 10 nitrogen and oxygen atoms in total. The molecule has 0 spiro atoms. The fourth-order valence-corrected chi connectivity index (χ4v) is 4.67. The third kappa shape index (κ3) is 4.43. The van der Waals surface area contributed by atoms with Crippen LogP contribution in [0, 0.1) is 19.8 Å². The maximum atomic E-state index is 13.2. The van der Waals surface area contributed by atoms with Gasteiger partial charge in [-0.25, -0.2) is 15.0 Å². The Morgan fingerprint density at radius 1 is 1.00 bits per heavy atom. The number of methoxy groups -OCH3 is 1. The highest BCUT2D eigenvalue weighted by molar-refractivity contribution is 6.00. The van der Waals surface area contributed by atoms with Gasteiger partial charge in [-0.1, -0.05) is 0 Å². The standard InChI is InChI=1S/C25H29N7O3/c1-17-18(2)32(16-28-17)23-13-22(26-15-27-23)29-8-10-30(11-9-29)25(34)19-12-24(33)31(14-19)20-4-6-21(35-3)7-5-20/h4-7,13,15-16,19H,8-12,14H2,1-3H3.